The topological polar surface area (TPSA) is 115 Å². The number of carbonyl (C=O) groups is 1. The molecule has 1 rings (SSSR count). The summed E-state index contributed by atoms with van der Waals surface area (Å²) in [5.41, 5.74) is 1.52. The zero-order valence-electron chi connectivity index (χ0n) is 10.4. The van der Waals surface area contributed by atoms with Crippen molar-refractivity contribution in [1.29, 1.82) is 0 Å². The number of nitrogens with zero attached hydrogens (tertiary/aromatic N) is 2. The molecule has 0 aromatic carbocycles. The summed E-state index contributed by atoms with van der Waals surface area (Å²) in [5, 5.41) is 15.0. The summed E-state index contributed by atoms with van der Waals surface area (Å²) >= 11 is 0. The average molecular weight is 276 g/mol. The van der Waals surface area contributed by atoms with Crippen LogP contribution in [0.3, 0.4) is 0 Å². The monoisotopic (exact) mass is 276 g/mol. The molecule has 0 spiro atoms. The van der Waals surface area contributed by atoms with Crippen molar-refractivity contribution in [2.45, 2.75) is 20.3 Å². The molecule has 0 bridgehead atoms. The van der Waals surface area contributed by atoms with Gasteiger partial charge in [-0.2, -0.15) is 17.8 Å². The van der Waals surface area contributed by atoms with Crippen molar-refractivity contribution in [3.8, 4) is 0 Å². The zero-order chi connectivity index (χ0) is 13.9. The SMILES string of the molecule is Cc1n[nH]c(C)c1NS(=O)(=O)N(C)CCC(=O)O. The highest BCUT2D eigenvalue weighted by molar-refractivity contribution is 7.90. The van der Waals surface area contributed by atoms with E-state index in [4.69, 9.17) is 5.11 Å². The van der Waals surface area contributed by atoms with E-state index in [1.165, 1.54) is 7.05 Å². The number of hydrogen-bond acceptors (Lipinski definition) is 4. The molecule has 0 aliphatic rings. The summed E-state index contributed by atoms with van der Waals surface area (Å²) in [6, 6.07) is 0. The van der Waals surface area contributed by atoms with E-state index in [0.29, 0.717) is 17.1 Å². The van der Waals surface area contributed by atoms with Crippen LogP contribution < -0.4 is 4.72 Å². The van der Waals surface area contributed by atoms with Crippen molar-refractivity contribution in [2.24, 2.45) is 0 Å². The number of anilines is 1. The maximum Gasteiger partial charge on any atom is 0.304 e. The molecule has 102 valence electrons. The molecule has 8 nitrogen and oxygen atoms in total. The smallest absolute Gasteiger partial charge is 0.304 e. The van der Waals surface area contributed by atoms with Gasteiger partial charge >= 0.3 is 16.2 Å². The van der Waals surface area contributed by atoms with Gasteiger partial charge in [-0.25, -0.2) is 0 Å². The first-order valence-corrected chi connectivity index (χ1v) is 6.65. The molecular weight excluding hydrogens is 260 g/mol. The van der Waals surface area contributed by atoms with E-state index < -0.39 is 16.2 Å². The van der Waals surface area contributed by atoms with Crippen molar-refractivity contribution in [1.82, 2.24) is 14.5 Å². The summed E-state index contributed by atoms with van der Waals surface area (Å²) in [4.78, 5) is 10.4. The Hall–Kier alpha value is -1.61. The van der Waals surface area contributed by atoms with Crippen LogP contribution in [0.15, 0.2) is 0 Å². The van der Waals surface area contributed by atoms with Crippen LogP contribution in [-0.4, -0.2) is 47.6 Å². The summed E-state index contributed by atoms with van der Waals surface area (Å²) in [6.45, 7) is 3.26. The average Bonchev–Trinajstić information content (AvgIpc) is 2.57. The number of carboxylic acid groups (broad SMARTS) is 1. The molecule has 1 aromatic heterocycles. The second-order valence-corrected chi connectivity index (χ2v) is 5.66. The second-order valence-electron chi connectivity index (χ2n) is 3.88. The van der Waals surface area contributed by atoms with Crippen molar-refractivity contribution in [3.63, 3.8) is 0 Å². The first kappa shape index (κ1) is 14.5. The van der Waals surface area contributed by atoms with Gasteiger partial charge in [0.05, 0.1) is 23.5 Å². The van der Waals surface area contributed by atoms with E-state index in [1.807, 2.05) is 0 Å². The normalized spacial score (nSPS) is 11.8. The molecule has 18 heavy (non-hydrogen) atoms. The van der Waals surface area contributed by atoms with Crippen LogP contribution in [0.4, 0.5) is 5.69 Å². The minimum absolute atomic E-state index is 0.0966. The predicted octanol–water partition coefficient (Wildman–Crippen LogP) is 0.0897. The Morgan fingerprint density at radius 1 is 1.50 bits per heavy atom. The van der Waals surface area contributed by atoms with E-state index in [-0.39, 0.29) is 13.0 Å². The van der Waals surface area contributed by atoms with Crippen LogP contribution in [-0.2, 0) is 15.0 Å². The lowest BCUT2D eigenvalue weighted by molar-refractivity contribution is -0.137. The largest absolute Gasteiger partial charge is 0.481 e. The Balaban J connectivity index is 2.79. The molecule has 0 unspecified atom stereocenters. The van der Waals surface area contributed by atoms with E-state index >= 15 is 0 Å². The molecule has 0 saturated carbocycles. The number of rotatable bonds is 6. The number of carboxylic acids is 1. The van der Waals surface area contributed by atoms with Gasteiger partial charge in [0.1, 0.15) is 0 Å². The maximum atomic E-state index is 11.9. The lowest BCUT2D eigenvalue weighted by atomic mass is 10.3. The van der Waals surface area contributed by atoms with Gasteiger partial charge in [-0.3, -0.25) is 14.6 Å². The van der Waals surface area contributed by atoms with Crippen LogP contribution in [0.1, 0.15) is 17.8 Å². The fourth-order valence-electron chi connectivity index (χ4n) is 1.28. The van der Waals surface area contributed by atoms with Gasteiger partial charge in [0.2, 0.25) is 0 Å². The molecule has 0 aliphatic heterocycles. The van der Waals surface area contributed by atoms with E-state index in [9.17, 15) is 13.2 Å². The Morgan fingerprint density at radius 2 is 2.11 bits per heavy atom. The molecular formula is C9H16N4O4S. The number of aryl methyl sites for hydroxylation is 2. The molecule has 0 radical (unpaired) electrons. The number of H-pyrrole nitrogens is 1. The molecule has 0 fully saturated rings. The third-order valence-corrected chi connectivity index (χ3v) is 3.88. The first-order chi connectivity index (χ1) is 8.24. The highest BCUT2D eigenvalue weighted by Crippen LogP contribution is 2.18. The molecule has 9 heteroatoms. The highest BCUT2D eigenvalue weighted by atomic mass is 32.2. The Bertz CT molecular complexity index is 517. The summed E-state index contributed by atoms with van der Waals surface area (Å²) < 4.78 is 27.1. The second kappa shape index (κ2) is 5.36. The first-order valence-electron chi connectivity index (χ1n) is 5.21. The van der Waals surface area contributed by atoms with Gasteiger partial charge in [0, 0.05) is 13.6 Å². The summed E-state index contributed by atoms with van der Waals surface area (Å²) in [7, 11) is -2.45. The Kier molecular flexibility index (Phi) is 4.30. The third kappa shape index (κ3) is 3.44. The van der Waals surface area contributed by atoms with Gasteiger partial charge in [0.25, 0.3) is 0 Å². The molecule has 0 atom stereocenters. The van der Waals surface area contributed by atoms with Gasteiger partial charge in [-0.05, 0) is 13.8 Å². The van der Waals surface area contributed by atoms with Crippen LogP contribution in [0.5, 0.6) is 0 Å². The Labute approximate surface area is 105 Å². The quantitative estimate of drug-likeness (QED) is 0.681. The number of aromatic nitrogens is 2. The van der Waals surface area contributed by atoms with Crippen LogP contribution in [0.25, 0.3) is 0 Å². The van der Waals surface area contributed by atoms with Gasteiger partial charge in [-0.1, -0.05) is 0 Å². The third-order valence-electron chi connectivity index (χ3n) is 2.41. The van der Waals surface area contributed by atoms with E-state index in [0.717, 1.165) is 4.31 Å². The molecule has 0 aliphatic carbocycles. The molecule has 0 saturated heterocycles. The fraction of sp³-hybridized carbons (Fsp3) is 0.556. The van der Waals surface area contributed by atoms with Crippen molar-refractivity contribution in [3.05, 3.63) is 11.4 Å². The minimum atomic E-state index is -3.76. The minimum Gasteiger partial charge on any atom is -0.481 e. The predicted molar refractivity (Wildman–Crippen MR) is 65.5 cm³/mol. The van der Waals surface area contributed by atoms with Gasteiger partial charge in [0.15, 0.2) is 0 Å². The van der Waals surface area contributed by atoms with Crippen LogP contribution >= 0.6 is 0 Å². The van der Waals surface area contributed by atoms with Crippen molar-refractivity contribution < 1.29 is 18.3 Å². The van der Waals surface area contributed by atoms with Crippen molar-refractivity contribution in [2.75, 3.05) is 18.3 Å². The van der Waals surface area contributed by atoms with E-state index in [1.54, 1.807) is 13.8 Å². The molecule has 1 heterocycles. The number of aromatic amines is 1. The standard InChI is InChI=1S/C9H16N4O4S/c1-6-9(7(2)11-10-6)12-18(16,17)13(3)5-4-8(14)15/h12H,4-5H2,1-3H3,(H,10,11)(H,14,15). The number of hydrogen-bond donors (Lipinski definition) is 3. The van der Waals surface area contributed by atoms with Crippen molar-refractivity contribution >= 4 is 21.9 Å². The summed E-state index contributed by atoms with van der Waals surface area (Å²) in [5.74, 6) is -1.05. The Morgan fingerprint density at radius 3 is 2.56 bits per heavy atom. The van der Waals surface area contributed by atoms with E-state index in [2.05, 4.69) is 14.9 Å². The van der Waals surface area contributed by atoms with Gasteiger partial charge < -0.3 is 5.11 Å². The summed E-state index contributed by atoms with van der Waals surface area (Å²) in [6.07, 6.45) is -0.249. The van der Waals surface area contributed by atoms with Crippen LogP contribution in [0, 0.1) is 13.8 Å². The highest BCUT2D eigenvalue weighted by Gasteiger charge is 2.21. The maximum absolute atomic E-state index is 11.9. The lowest BCUT2D eigenvalue weighted by Gasteiger charge is -2.17. The fourth-order valence-corrected chi connectivity index (χ4v) is 2.33. The lowest BCUT2D eigenvalue weighted by Crippen LogP contribution is -2.34. The molecule has 1 aromatic rings. The van der Waals surface area contributed by atoms with Gasteiger partial charge in [-0.15, -0.1) is 0 Å². The van der Waals surface area contributed by atoms with Crippen LogP contribution in [0.2, 0.25) is 0 Å². The molecule has 0 amide bonds. The number of nitrogens with one attached hydrogen (secondary N) is 2. The zero-order valence-corrected chi connectivity index (χ0v) is 11.2. The number of aliphatic carboxylic acids is 1. The molecule has 3 N–H and O–H groups in total.